The minimum atomic E-state index is -0.389. The maximum absolute atomic E-state index is 10.6. The van der Waals surface area contributed by atoms with Gasteiger partial charge in [-0.05, 0) is 6.08 Å². The van der Waals surface area contributed by atoms with E-state index < -0.39 is 0 Å². The Kier molecular flexibility index (Phi) is 1.72. The molecule has 3 nitrogen and oxygen atoms in total. The third-order valence-corrected chi connectivity index (χ3v) is 1.02. The zero-order chi connectivity index (χ0) is 6.69. The number of esters is 1. The Morgan fingerprint density at radius 1 is 1.89 bits per heavy atom. The molecule has 0 aromatic carbocycles. The standard InChI is InChI=1S/C6H7O3/c1-8-6(7)5-3-2-4-9-5/h2,4H,3H2,1H3. The van der Waals surface area contributed by atoms with Crippen molar-refractivity contribution in [3.05, 3.63) is 18.4 Å². The van der Waals surface area contributed by atoms with Crippen molar-refractivity contribution in [3.63, 3.8) is 0 Å². The van der Waals surface area contributed by atoms with Crippen molar-refractivity contribution in [3.8, 4) is 0 Å². The summed E-state index contributed by atoms with van der Waals surface area (Å²) in [6.07, 6.45) is 4.14. The van der Waals surface area contributed by atoms with Gasteiger partial charge in [0.2, 0.25) is 0 Å². The van der Waals surface area contributed by atoms with Crippen LogP contribution in [0.3, 0.4) is 0 Å². The third-order valence-electron chi connectivity index (χ3n) is 1.02. The van der Waals surface area contributed by atoms with Crippen LogP contribution in [0.5, 0.6) is 0 Å². The molecule has 9 heavy (non-hydrogen) atoms. The lowest BCUT2D eigenvalue weighted by Gasteiger charge is -2.03. The quantitative estimate of drug-likeness (QED) is 0.484. The molecule has 0 bridgehead atoms. The lowest BCUT2D eigenvalue weighted by Crippen LogP contribution is -2.11. The molecule has 0 saturated carbocycles. The van der Waals surface area contributed by atoms with Crippen molar-refractivity contribution in [2.24, 2.45) is 0 Å². The molecular weight excluding hydrogens is 120 g/mol. The van der Waals surface area contributed by atoms with Gasteiger partial charge in [0.05, 0.1) is 13.4 Å². The number of methoxy groups -OCH3 is 1. The lowest BCUT2D eigenvalue weighted by atomic mass is 10.3. The Morgan fingerprint density at radius 2 is 2.67 bits per heavy atom. The van der Waals surface area contributed by atoms with Crippen LogP contribution < -0.4 is 0 Å². The summed E-state index contributed by atoms with van der Waals surface area (Å²) >= 11 is 0. The smallest absolute Gasteiger partial charge is 0.355 e. The summed E-state index contributed by atoms with van der Waals surface area (Å²) in [5, 5.41) is 0. The molecule has 0 atom stereocenters. The van der Waals surface area contributed by atoms with Gasteiger partial charge >= 0.3 is 5.97 Å². The van der Waals surface area contributed by atoms with Gasteiger partial charge in [0.1, 0.15) is 0 Å². The normalized spacial score (nSPS) is 17.4. The zero-order valence-electron chi connectivity index (χ0n) is 5.09. The molecule has 1 aliphatic rings. The molecule has 0 saturated heterocycles. The molecule has 3 heteroatoms. The molecule has 0 N–H and O–H groups in total. The van der Waals surface area contributed by atoms with Gasteiger partial charge in [-0.3, -0.25) is 0 Å². The van der Waals surface area contributed by atoms with Crippen LogP contribution in [0.4, 0.5) is 0 Å². The highest BCUT2D eigenvalue weighted by molar-refractivity contribution is 5.83. The van der Waals surface area contributed by atoms with E-state index in [9.17, 15) is 4.79 Å². The third kappa shape index (κ3) is 1.22. The van der Waals surface area contributed by atoms with Crippen LogP contribution in [0.25, 0.3) is 0 Å². The Bertz CT molecular complexity index is 131. The molecule has 0 amide bonds. The predicted octanol–water partition coefficient (Wildman–Crippen LogP) is 0.625. The highest BCUT2D eigenvalue weighted by Crippen LogP contribution is 2.17. The molecule has 1 radical (unpaired) electrons. The summed E-state index contributed by atoms with van der Waals surface area (Å²) in [6.45, 7) is 0. The monoisotopic (exact) mass is 127 g/mol. The SMILES string of the molecule is COC(=O)[C]1CC=CO1. The summed E-state index contributed by atoms with van der Waals surface area (Å²) < 4.78 is 9.16. The molecule has 0 aromatic heterocycles. The van der Waals surface area contributed by atoms with Gasteiger partial charge in [-0.1, -0.05) is 0 Å². The predicted molar refractivity (Wildman–Crippen MR) is 30.1 cm³/mol. The fourth-order valence-electron chi connectivity index (χ4n) is 0.579. The van der Waals surface area contributed by atoms with E-state index in [1.54, 1.807) is 6.08 Å². The second kappa shape index (κ2) is 2.53. The Morgan fingerprint density at radius 3 is 3.11 bits per heavy atom. The van der Waals surface area contributed by atoms with Crippen molar-refractivity contribution in [2.75, 3.05) is 7.11 Å². The first kappa shape index (κ1) is 6.13. The van der Waals surface area contributed by atoms with Gasteiger partial charge in [-0.15, -0.1) is 0 Å². The summed E-state index contributed by atoms with van der Waals surface area (Å²) in [7, 11) is 1.33. The van der Waals surface area contributed by atoms with Crippen molar-refractivity contribution in [2.45, 2.75) is 6.42 Å². The number of hydrogen-bond donors (Lipinski definition) is 0. The second-order valence-electron chi connectivity index (χ2n) is 1.61. The fourth-order valence-corrected chi connectivity index (χ4v) is 0.579. The van der Waals surface area contributed by atoms with Crippen LogP contribution in [0.1, 0.15) is 6.42 Å². The van der Waals surface area contributed by atoms with Crippen LogP contribution in [0, 0.1) is 6.10 Å². The number of carbonyl (C=O) groups is 1. The first-order chi connectivity index (χ1) is 4.34. The Labute approximate surface area is 53.3 Å². The fraction of sp³-hybridized carbons (Fsp3) is 0.333. The number of carbonyl (C=O) groups excluding carboxylic acids is 1. The Balaban J connectivity index is 2.36. The second-order valence-corrected chi connectivity index (χ2v) is 1.61. The van der Waals surface area contributed by atoms with Crippen molar-refractivity contribution < 1.29 is 14.3 Å². The van der Waals surface area contributed by atoms with E-state index in [-0.39, 0.29) is 5.97 Å². The van der Waals surface area contributed by atoms with E-state index in [0.717, 1.165) is 0 Å². The van der Waals surface area contributed by atoms with Crippen LogP contribution in [-0.2, 0) is 14.3 Å². The van der Waals surface area contributed by atoms with E-state index in [2.05, 4.69) is 4.74 Å². The minimum absolute atomic E-state index is 0.359. The number of hydrogen-bond acceptors (Lipinski definition) is 3. The van der Waals surface area contributed by atoms with E-state index in [1.165, 1.54) is 13.4 Å². The molecule has 0 fully saturated rings. The van der Waals surface area contributed by atoms with Crippen molar-refractivity contribution in [1.29, 1.82) is 0 Å². The minimum Gasteiger partial charge on any atom is -0.478 e. The molecular formula is C6H7O3. The van der Waals surface area contributed by atoms with Crippen molar-refractivity contribution >= 4 is 5.97 Å². The van der Waals surface area contributed by atoms with E-state index >= 15 is 0 Å². The summed E-state index contributed by atoms with van der Waals surface area (Å²) in [5.41, 5.74) is 0. The van der Waals surface area contributed by atoms with Crippen molar-refractivity contribution in [1.82, 2.24) is 0 Å². The van der Waals surface area contributed by atoms with E-state index in [1.807, 2.05) is 0 Å². The molecule has 1 heterocycles. The van der Waals surface area contributed by atoms with Gasteiger partial charge < -0.3 is 9.47 Å². The topological polar surface area (TPSA) is 35.5 Å². The highest BCUT2D eigenvalue weighted by Gasteiger charge is 2.23. The molecule has 0 aromatic rings. The number of rotatable bonds is 1. The molecule has 49 valence electrons. The maximum atomic E-state index is 10.6. The lowest BCUT2D eigenvalue weighted by molar-refractivity contribution is -0.142. The van der Waals surface area contributed by atoms with Crippen LogP contribution in [-0.4, -0.2) is 13.1 Å². The average Bonchev–Trinajstić information content (AvgIpc) is 2.37. The van der Waals surface area contributed by atoms with Gasteiger partial charge in [0.25, 0.3) is 6.10 Å². The first-order valence-electron chi connectivity index (χ1n) is 2.60. The van der Waals surface area contributed by atoms with Crippen LogP contribution >= 0.6 is 0 Å². The first-order valence-corrected chi connectivity index (χ1v) is 2.60. The largest absolute Gasteiger partial charge is 0.478 e. The average molecular weight is 127 g/mol. The van der Waals surface area contributed by atoms with E-state index in [0.29, 0.717) is 12.5 Å². The van der Waals surface area contributed by atoms with E-state index in [4.69, 9.17) is 4.74 Å². The number of ether oxygens (including phenoxy) is 2. The summed E-state index contributed by atoms with van der Waals surface area (Å²) in [6, 6.07) is 0. The molecule has 1 aliphatic heterocycles. The van der Waals surface area contributed by atoms with Crippen LogP contribution in [0.2, 0.25) is 0 Å². The summed E-state index contributed by atoms with van der Waals surface area (Å²) in [5.74, 6) is -0.389. The Hall–Kier alpha value is -0.990. The molecule has 1 rings (SSSR count). The molecule has 0 spiro atoms. The van der Waals surface area contributed by atoms with Gasteiger partial charge in [-0.2, -0.15) is 0 Å². The molecule has 0 aliphatic carbocycles. The van der Waals surface area contributed by atoms with Gasteiger partial charge in [0.15, 0.2) is 0 Å². The van der Waals surface area contributed by atoms with Gasteiger partial charge in [0, 0.05) is 6.42 Å². The van der Waals surface area contributed by atoms with Crippen LogP contribution in [0.15, 0.2) is 12.3 Å². The highest BCUT2D eigenvalue weighted by atomic mass is 16.6. The van der Waals surface area contributed by atoms with Gasteiger partial charge in [-0.25, -0.2) is 4.79 Å². The summed E-state index contributed by atoms with van der Waals surface area (Å²) in [4.78, 5) is 10.6. The zero-order valence-corrected chi connectivity index (χ0v) is 5.09. The molecule has 0 unspecified atom stereocenters. The maximum Gasteiger partial charge on any atom is 0.355 e.